The van der Waals surface area contributed by atoms with Gasteiger partial charge >= 0.3 is 0 Å². The molecule has 0 unspecified atom stereocenters. The number of ether oxygens (including phenoxy) is 1. The van der Waals surface area contributed by atoms with Gasteiger partial charge in [-0.15, -0.1) is 10.2 Å². The number of likely N-dealkylation sites (tertiary alicyclic amines) is 1. The lowest BCUT2D eigenvalue weighted by atomic mass is 9.95. The molecule has 156 valence electrons. The zero-order valence-corrected chi connectivity index (χ0v) is 16.7. The molecule has 1 N–H and O–H groups in total. The van der Waals surface area contributed by atoms with Crippen LogP contribution in [0.25, 0.3) is 5.69 Å². The van der Waals surface area contributed by atoms with Gasteiger partial charge in [0.2, 0.25) is 11.8 Å². The number of aryl methyl sites for hydroxylation is 1. The van der Waals surface area contributed by atoms with Gasteiger partial charge in [0.1, 0.15) is 11.9 Å². The van der Waals surface area contributed by atoms with Crippen LogP contribution >= 0.6 is 0 Å². The summed E-state index contributed by atoms with van der Waals surface area (Å²) in [6.45, 7) is 1.01. The van der Waals surface area contributed by atoms with Gasteiger partial charge in [0, 0.05) is 37.9 Å². The molecular formula is C19H22N8O3. The summed E-state index contributed by atoms with van der Waals surface area (Å²) in [5.74, 6) is -0.00949. The topological polar surface area (TPSA) is 120 Å². The number of aromatic nitrogens is 6. The molecule has 3 heterocycles. The number of piperidine rings is 1. The van der Waals surface area contributed by atoms with Gasteiger partial charge in [-0.25, -0.2) is 4.68 Å². The van der Waals surface area contributed by atoms with Crippen LogP contribution in [-0.4, -0.2) is 66.9 Å². The maximum absolute atomic E-state index is 12.8. The van der Waals surface area contributed by atoms with Crippen molar-refractivity contribution in [2.75, 3.05) is 25.5 Å². The number of carbonyl (C=O) groups is 2. The number of tetrazole rings is 1. The minimum Gasteiger partial charge on any atom is -0.479 e. The summed E-state index contributed by atoms with van der Waals surface area (Å²) in [4.78, 5) is 27.2. The first-order valence-corrected chi connectivity index (χ1v) is 9.56. The maximum Gasteiger partial charge on any atom is 0.260 e. The first kappa shape index (κ1) is 19.6. The van der Waals surface area contributed by atoms with E-state index in [0.717, 1.165) is 5.69 Å². The quantitative estimate of drug-likeness (QED) is 0.663. The summed E-state index contributed by atoms with van der Waals surface area (Å²) >= 11 is 0. The van der Waals surface area contributed by atoms with Crippen LogP contribution in [0.5, 0.6) is 5.88 Å². The molecule has 0 spiro atoms. The number of rotatable bonds is 5. The molecule has 0 radical (unpaired) electrons. The van der Waals surface area contributed by atoms with Gasteiger partial charge in [0.25, 0.3) is 5.91 Å². The lowest BCUT2D eigenvalue weighted by Gasteiger charge is -2.31. The highest BCUT2D eigenvalue weighted by atomic mass is 16.5. The fraction of sp³-hybridized carbons (Fsp3) is 0.368. The lowest BCUT2D eigenvalue weighted by molar-refractivity contribution is -0.121. The van der Waals surface area contributed by atoms with Crippen molar-refractivity contribution in [1.29, 1.82) is 0 Å². The summed E-state index contributed by atoms with van der Waals surface area (Å²) in [5.41, 5.74) is 1.94. The van der Waals surface area contributed by atoms with Gasteiger partial charge in [-0.05, 0) is 47.5 Å². The number of hydrogen-bond donors (Lipinski definition) is 1. The summed E-state index contributed by atoms with van der Waals surface area (Å²) in [6, 6.07) is 7.27. The number of methoxy groups -OCH3 is 1. The van der Waals surface area contributed by atoms with Crippen LogP contribution in [0.3, 0.4) is 0 Å². The molecule has 3 aromatic rings. The number of hydrogen-bond acceptors (Lipinski definition) is 7. The molecule has 11 heteroatoms. The fourth-order valence-corrected chi connectivity index (χ4v) is 3.50. The first-order chi connectivity index (χ1) is 14.5. The van der Waals surface area contributed by atoms with E-state index < -0.39 is 0 Å². The fourth-order valence-electron chi connectivity index (χ4n) is 3.50. The smallest absolute Gasteiger partial charge is 0.260 e. The second-order valence-electron chi connectivity index (χ2n) is 7.08. The molecule has 2 amide bonds. The third kappa shape index (κ3) is 4.00. The zero-order chi connectivity index (χ0) is 21.1. The first-order valence-electron chi connectivity index (χ1n) is 9.56. The molecule has 1 aliphatic heterocycles. The number of carbonyl (C=O) groups excluding carboxylic acids is 2. The number of nitrogens with zero attached hydrogens (tertiary/aromatic N) is 7. The average molecular weight is 410 g/mol. The van der Waals surface area contributed by atoms with E-state index in [1.165, 1.54) is 18.1 Å². The van der Waals surface area contributed by atoms with Gasteiger partial charge < -0.3 is 15.0 Å². The summed E-state index contributed by atoms with van der Waals surface area (Å²) in [7, 11) is 3.23. The Balaban J connectivity index is 1.32. The van der Waals surface area contributed by atoms with Crippen LogP contribution < -0.4 is 10.1 Å². The van der Waals surface area contributed by atoms with Gasteiger partial charge in [-0.3, -0.25) is 14.3 Å². The van der Waals surface area contributed by atoms with Crippen LogP contribution in [0, 0.1) is 5.92 Å². The summed E-state index contributed by atoms with van der Waals surface area (Å²) < 4.78 is 8.27. The second-order valence-corrected chi connectivity index (χ2v) is 7.08. The molecule has 11 nitrogen and oxygen atoms in total. The van der Waals surface area contributed by atoms with Gasteiger partial charge in [0.15, 0.2) is 0 Å². The Bertz CT molecular complexity index is 1020. The average Bonchev–Trinajstić information content (AvgIpc) is 3.43. The predicted octanol–water partition coefficient (Wildman–Crippen LogP) is 0.895. The zero-order valence-electron chi connectivity index (χ0n) is 16.7. The maximum atomic E-state index is 12.8. The van der Waals surface area contributed by atoms with E-state index in [-0.39, 0.29) is 17.7 Å². The number of benzene rings is 1. The van der Waals surface area contributed by atoms with Crippen molar-refractivity contribution in [3.8, 4) is 11.6 Å². The third-order valence-electron chi connectivity index (χ3n) is 5.12. The second kappa shape index (κ2) is 8.31. The molecule has 0 aliphatic carbocycles. The molecule has 0 saturated carbocycles. The van der Waals surface area contributed by atoms with Gasteiger partial charge in [-0.2, -0.15) is 0 Å². The molecule has 0 atom stereocenters. The summed E-state index contributed by atoms with van der Waals surface area (Å²) in [5, 5.41) is 18.1. The third-order valence-corrected chi connectivity index (χ3v) is 5.12. The largest absolute Gasteiger partial charge is 0.479 e. The minimum atomic E-state index is -0.149. The Morgan fingerprint density at radius 2 is 1.90 bits per heavy atom. The Hall–Kier alpha value is -3.76. The summed E-state index contributed by atoms with van der Waals surface area (Å²) in [6.07, 6.45) is 4.36. The van der Waals surface area contributed by atoms with Crippen molar-refractivity contribution in [2.24, 2.45) is 13.0 Å². The van der Waals surface area contributed by atoms with Crippen molar-refractivity contribution in [2.45, 2.75) is 12.8 Å². The molecule has 1 aromatic carbocycles. The molecular weight excluding hydrogens is 388 g/mol. The van der Waals surface area contributed by atoms with Gasteiger partial charge in [-0.1, -0.05) is 0 Å². The minimum absolute atomic E-state index is 0.0452. The normalized spacial score (nSPS) is 14.5. The molecule has 1 aliphatic rings. The number of anilines is 1. The van der Waals surface area contributed by atoms with E-state index in [9.17, 15) is 9.59 Å². The molecule has 1 saturated heterocycles. The molecule has 1 fully saturated rings. The van der Waals surface area contributed by atoms with Crippen LogP contribution in [0.1, 0.15) is 23.2 Å². The lowest BCUT2D eigenvalue weighted by Crippen LogP contribution is -2.41. The molecule has 0 bridgehead atoms. The van der Waals surface area contributed by atoms with E-state index in [0.29, 0.717) is 43.1 Å². The van der Waals surface area contributed by atoms with Crippen molar-refractivity contribution in [3.63, 3.8) is 0 Å². The van der Waals surface area contributed by atoms with E-state index >= 15 is 0 Å². The Labute approximate surface area is 172 Å². The van der Waals surface area contributed by atoms with Crippen molar-refractivity contribution in [1.82, 2.24) is 34.9 Å². The van der Waals surface area contributed by atoms with Crippen LogP contribution in [0.2, 0.25) is 0 Å². The SMILES string of the molecule is COc1nn(C)cc1C(=O)N1CCC(C(=O)Nc2ccc(-n3cnnn3)cc2)CC1. The molecule has 4 rings (SSSR count). The van der Waals surface area contributed by atoms with Crippen LogP contribution in [0.15, 0.2) is 36.8 Å². The Kier molecular flexibility index (Phi) is 5.42. The molecule has 2 aromatic heterocycles. The van der Waals surface area contributed by atoms with E-state index in [1.807, 2.05) is 24.3 Å². The Morgan fingerprint density at radius 1 is 1.17 bits per heavy atom. The molecule has 30 heavy (non-hydrogen) atoms. The van der Waals surface area contributed by atoms with Crippen LogP contribution in [-0.2, 0) is 11.8 Å². The standard InChI is InChI=1S/C19H22N8O3/c1-25-11-16(18(22-25)30-2)19(29)26-9-7-13(8-10-26)17(28)21-14-3-5-15(6-4-14)27-12-20-23-24-27/h3-6,11-13H,7-10H2,1-2H3,(H,21,28). The highest BCUT2D eigenvalue weighted by Crippen LogP contribution is 2.24. The van der Waals surface area contributed by atoms with Gasteiger partial charge in [0.05, 0.1) is 12.8 Å². The van der Waals surface area contributed by atoms with E-state index in [4.69, 9.17) is 4.74 Å². The van der Waals surface area contributed by atoms with Crippen molar-refractivity contribution < 1.29 is 14.3 Å². The number of nitrogens with one attached hydrogen (secondary N) is 1. The monoisotopic (exact) mass is 410 g/mol. The van der Waals surface area contributed by atoms with Crippen molar-refractivity contribution >= 4 is 17.5 Å². The van der Waals surface area contributed by atoms with E-state index in [1.54, 1.807) is 22.8 Å². The predicted molar refractivity (Wildman–Crippen MR) is 106 cm³/mol. The van der Waals surface area contributed by atoms with Crippen LogP contribution in [0.4, 0.5) is 5.69 Å². The highest BCUT2D eigenvalue weighted by Gasteiger charge is 2.30. The van der Waals surface area contributed by atoms with E-state index in [2.05, 4.69) is 25.9 Å². The Morgan fingerprint density at radius 3 is 2.53 bits per heavy atom. The number of amides is 2. The van der Waals surface area contributed by atoms with Crippen molar-refractivity contribution in [3.05, 3.63) is 42.4 Å². The highest BCUT2D eigenvalue weighted by molar-refractivity contribution is 5.97.